The van der Waals surface area contributed by atoms with Crippen molar-refractivity contribution >= 4 is 27.4 Å². The smallest absolute Gasteiger partial charge is 0.119 e. The number of rotatable bonds is 3. The standard InChI is InChI=1S/C14H19N3S/c1-15-10-11-6-8-17(9-7-11)14-12-4-2-3-5-13(12)16-18-14/h2-5,11,15H,6-10H2,1H3. The van der Waals surface area contributed by atoms with Crippen molar-refractivity contribution in [2.24, 2.45) is 5.92 Å². The van der Waals surface area contributed by atoms with Crippen molar-refractivity contribution < 1.29 is 0 Å². The minimum Gasteiger partial charge on any atom is -0.362 e. The van der Waals surface area contributed by atoms with Crippen LogP contribution in [0.5, 0.6) is 0 Å². The van der Waals surface area contributed by atoms with Crippen LogP contribution in [0.15, 0.2) is 24.3 Å². The van der Waals surface area contributed by atoms with Crippen molar-refractivity contribution in [2.75, 3.05) is 31.6 Å². The topological polar surface area (TPSA) is 28.2 Å². The van der Waals surface area contributed by atoms with Crippen molar-refractivity contribution in [1.29, 1.82) is 0 Å². The molecule has 2 heterocycles. The first-order valence-electron chi connectivity index (χ1n) is 6.62. The van der Waals surface area contributed by atoms with Gasteiger partial charge in [-0.3, -0.25) is 0 Å². The molecule has 3 rings (SSSR count). The molecule has 4 heteroatoms. The Labute approximate surface area is 112 Å². The summed E-state index contributed by atoms with van der Waals surface area (Å²) < 4.78 is 4.54. The van der Waals surface area contributed by atoms with Crippen LogP contribution in [-0.2, 0) is 0 Å². The van der Waals surface area contributed by atoms with E-state index in [1.807, 2.05) is 7.05 Å². The first-order valence-corrected chi connectivity index (χ1v) is 7.40. The Morgan fingerprint density at radius 1 is 1.33 bits per heavy atom. The lowest BCUT2D eigenvalue weighted by Crippen LogP contribution is -2.36. The molecule has 1 fully saturated rings. The molecule has 0 unspecified atom stereocenters. The van der Waals surface area contributed by atoms with Gasteiger partial charge in [-0.1, -0.05) is 12.1 Å². The largest absolute Gasteiger partial charge is 0.362 e. The van der Waals surface area contributed by atoms with Crippen LogP contribution >= 0.6 is 11.5 Å². The summed E-state index contributed by atoms with van der Waals surface area (Å²) in [6.45, 7) is 3.48. The fourth-order valence-corrected chi connectivity index (χ4v) is 3.65. The van der Waals surface area contributed by atoms with Crippen molar-refractivity contribution in [2.45, 2.75) is 12.8 Å². The molecule has 1 saturated heterocycles. The van der Waals surface area contributed by atoms with E-state index in [1.54, 1.807) is 11.5 Å². The van der Waals surface area contributed by atoms with E-state index in [0.29, 0.717) is 0 Å². The Bertz CT molecular complexity index is 514. The van der Waals surface area contributed by atoms with Crippen molar-refractivity contribution in [1.82, 2.24) is 9.69 Å². The highest BCUT2D eigenvalue weighted by atomic mass is 32.1. The second-order valence-electron chi connectivity index (χ2n) is 4.99. The Morgan fingerprint density at radius 3 is 2.89 bits per heavy atom. The van der Waals surface area contributed by atoms with Gasteiger partial charge in [0.2, 0.25) is 0 Å². The van der Waals surface area contributed by atoms with E-state index in [9.17, 15) is 0 Å². The zero-order chi connectivity index (χ0) is 12.4. The molecule has 0 radical (unpaired) electrons. The molecule has 1 aromatic heterocycles. The highest BCUT2D eigenvalue weighted by Gasteiger charge is 2.21. The van der Waals surface area contributed by atoms with Gasteiger partial charge in [0.25, 0.3) is 0 Å². The Hall–Kier alpha value is -1.13. The van der Waals surface area contributed by atoms with Gasteiger partial charge in [-0.05, 0) is 56.0 Å². The summed E-state index contributed by atoms with van der Waals surface area (Å²) in [5, 5.41) is 5.96. The molecular weight excluding hydrogens is 242 g/mol. The second-order valence-corrected chi connectivity index (χ2v) is 5.74. The van der Waals surface area contributed by atoms with E-state index in [0.717, 1.165) is 18.0 Å². The molecule has 0 aliphatic carbocycles. The Kier molecular flexibility index (Phi) is 3.48. The quantitative estimate of drug-likeness (QED) is 0.921. The number of hydrogen-bond acceptors (Lipinski definition) is 4. The number of piperidine rings is 1. The van der Waals surface area contributed by atoms with Crippen LogP contribution in [0.2, 0.25) is 0 Å². The fourth-order valence-electron chi connectivity index (χ4n) is 2.73. The van der Waals surface area contributed by atoms with Crippen LogP contribution in [0, 0.1) is 5.92 Å². The monoisotopic (exact) mass is 261 g/mol. The average molecular weight is 261 g/mol. The van der Waals surface area contributed by atoms with Gasteiger partial charge in [0.15, 0.2) is 0 Å². The second kappa shape index (κ2) is 5.24. The summed E-state index contributed by atoms with van der Waals surface area (Å²) in [5.74, 6) is 0.838. The minimum atomic E-state index is 0.838. The van der Waals surface area contributed by atoms with Crippen LogP contribution < -0.4 is 10.2 Å². The number of anilines is 1. The van der Waals surface area contributed by atoms with Gasteiger partial charge < -0.3 is 10.2 Å². The Morgan fingerprint density at radius 2 is 2.11 bits per heavy atom. The summed E-state index contributed by atoms with van der Waals surface area (Å²) in [7, 11) is 2.04. The van der Waals surface area contributed by atoms with E-state index < -0.39 is 0 Å². The van der Waals surface area contributed by atoms with Gasteiger partial charge in [0.1, 0.15) is 5.00 Å². The number of nitrogens with zero attached hydrogens (tertiary/aromatic N) is 2. The van der Waals surface area contributed by atoms with E-state index in [-0.39, 0.29) is 0 Å². The van der Waals surface area contributed by atoms with Crippen LogP contribution in [-0.4, -0.2) is 31.1 Å². The van der Waals surface area contributed by atoms with Gasteiger partial charge in [0, 0.05) is 18.5 Å². The third kappa shape index (κ3) is 2.22. The van der Waals surface area contributed by atoms with Crippen LogP contribution in [0.1, 0.15) is 12.8 Å². The number of hydrogen-bond donors (Lipinski definition) is 1. The molecule has 0 amide bonds. The zero-order valence-electron chi connectivity index (χ0n) is 10.7. The highest BCUT2D eigenvalue weighted by molar-refractivity contribution is 7.11. The lowest BCUT2D eigenvalue weighted by atomic mass is 9.97. The summed E-state index contributed by atoms with van der Waals surface area (Å²) in [5.41, 5.74) is 1.13. The van der Waals surface area contributed by atoms with Gasteiger partial charge in [-0.25, -0.2) is 0 Å². The molecule has 18 heavy (non-hydrogen) atoms. The number of benzene rings is 1. The summed E-state index contributed by atoms with van der Waals surface area (Å²) in [4.78, 5) is 2.51. The molecule has 2 aromatic rings. The van der Waals surface area contributed by atoms with Crippen LogP contribution in [0.25, 0.3) is 10.9 Å². The highest BCUT2D eigenvalue weighted by Crippen LogP contribution is 2.33. The van der Waals surface area contributed by atoms with Crippen LogP contribution in [0.3, 0.4) is 0 Å². The van der Waals surface area contributed by atoms with Gasteiger partial charge in [-0.2, -0.15) is 4.37 Å². The molecule has 1 aliphatic rings. The van der Waals surface area contributed by atoms with Gasteiger partial charge >= 0.3 is 0 Å². The van der Waals surface area contributed by atoms with Crippen molar-refractivity contribution in [3.63, 3.8) is 0 Å². The van der Waals surface area contributed by atoms with Crippen molar-refractivity contribution in [3.8, 4) is 0 Å². The molecule has 1 aliphatic heterocycles. The maximum atomic E-state index is 4.54. The fraction of sp³-hybridized carbons (Fsp3) is 0.500. The third-order valence-electron chi connectivity index (χ3n) is 3.76. The van der Waals surface area contributed by atoms with E-state index in [4.69, 9.17) is 0 Å². The molecule has 0 saturated carbocycles. The third-order valence-corrected chi connectivity index (χ3v) is 4.70. The number of aromatic nitrogens is 1. The maximum absolute atomic E-state index is 4.54. The molecule has 0 atom stereocenters. The first kappa shape index (κ1) is 11.9. The summed E-state index contributed by atoms with van der Waals surface area (Å²) >= 11 is 1.64. The molecule has 0 spiro atoms. The average Bonchev–Trinajstić information content (AvgIpc) is 2.84. The predicted molar refractivity (Wildman–Crippen MR) is 78.5 cm³/mol. The van der Waals surface area contributed by atoms with Crippen LogP contribution in [0.4, 0.5) is 5.00 Å². The SMILES string of the molecule is CNCC1CCN(c2snc3ccccc23)CC1. The molecule has 0 bridgehead atoms. The molecule has 1 aromatic carbocycles. The predicted octanol–water partition coefficient (Wildman–Crippen LogP) is 2.73. The van der Waals surface area contributed by atoms with E-state index in [2.05, 4.69) is 38.9 Å². The lowest BCUT2D eigenvalue weighted by Gasteiger charge is -2.32. The van der Waals surface area contributed by atoms with E-state index >= 15 is 0 Å². The molecular formula is C14H19N3S. The molecule has 96 valence electrons. The summed E-state index contributed by atoms with van der Waals surface area (Å²) in [6, 6.07) is 8.45. The molecule has 3 nitrogen and oxygen atoms in total. The first-order chi connectivity index (χ1) is 8.88. The van der Waals surface area contributed by atoms with E-state index in [1.165, 1.54) is 36.3 Å². The zero-order valence-corrected chi connectivity index (χ0v) is 11.5. The normalized spacial score (nSPS) is 17.5. The number of fused-ring (bicyclic) bond motifs is 1. The maximum Gasteiger partial charge on any atom is 0.119 e. The van der Waals surface area contributed by atoms with Gasteiger partial charge in [0.05, 0.1) is 5.52 Å². The minimum absolute atomic E-state index is 0.838. The molecule has 1 N–H and O–H groups in total. The Balaban J connectivity index is 1.76. The lowest BCUT2D eigenvalue weighted by molar-refractivity contribution is 0.395. The van der Waals surface area contributed by atoms with Crippen molar-refractivity contribution in [3.05, 3.63) is 24.3 Å². The summed E-state index contributed by atoms with van der Waals surface area (Å²) in [6.07, 6.45) is 2.57. The number of nitrogens with one attached hydrogen (secondary N) is 1. The van der Waals surface area contributed by atoms with Gasteiger partial charge in [-0.15, -0.1) is 0 Å².